The van der Waals surface area contributed by atoms with E-state index in [1.807, 2.05) is 0 Å². The van der Waals surface area contributed by atoms with E-state index in [9.17, 15) is 22.0 Å². The Bertz CT molecular complexity index is 1190. The van der Waals surface area contributed by atoms with Gasteiger partial charge in [-0.3, -0.25) is 4.98 Å². The maximum Gasteiger partial charge on any atom is 0.321 e. The zero-order chi connectivity index (χ0) is 26.9. The molecule has 2 aromatic rings. The van der Waals surface area contributed by atoms with E-state index in [0.29, 0.717) is 31.6 Å². The molecule has 16 heteroatoms. The monoisotopic (exact) mass is 545 g/mol. The zero-order valence-electron chi connectivity index (χ0n) is 19.5. The molecule has 36 heavy (non-hydrogen) atoms. The number of carbonyl (C=O) groups excluding carboxylic acids is 1. The van der Waals surface area contributed by atoms with Gasteiger partial charge >= 0.3 is 6.03 Å². The van der Waals surface area contributed by atoms with Crippen LogP contribution >= 0.6 is 11.6 Å². The van der Waals surface area contributed by atoms with Gasteiger partial charge in [0.1, 0.15) is 11.6 Å². The highest BCUT2D eigenvalue weighted by Gasteiger charge is 2.30. The van der Waals surface area contributed by atoms with Gasteiger partial charge in [0.25, 0.3) is 0 Å². The largest absolute Gasteiger partial charge is 0.325 e. The van der Waals surface area contributed by atoms with Gasteiger partial charge in [0.15, 0.2) is 0 Å². The molecule has 3 rings (SSSR count). The lowest BCUT2D eigenvalue weighted by Gasteiger charge is -2.35. The molecule has 0 bridgehead atoms. The summed E-state index contributed by atoms with van der Waals surface area (Å²) in [6.45, 7) is 2.34. The number of carbonyl (C=O) groups is 1. The molecule has 12 nitrogen and oxygen atoms in total. The van der Waals surface area contributed by atoms with E-state index < -0.39 is 21.7 Å². The molecule has 0 unspecified atom stereocenters. The quantitative estimate of drug-likeness (QED) is 0.280. The molecule has 0 spiro atoms. The number of sulfonamides is 1. The lowest BCUT2D eigenvalue weighted by Crippen LogP contribution is -2.48. The predicted octanol–water partition coefficient (Wildman–Crippen LogP) is 4.22. The topological polar surface area (TPSA) is 170 Å². The first-order valence-corrected chi connectivity index (χ1v) is 12.6. The maximum absolute atomic E-state index is 13.5. The summed E-state index contributed by atoms with van der Waals surface area (Å²) >= 11 is 6.22. The van der Waals surface area contributed by atoms with Crippen LogP contribution in [-0.4, -0.2) is 60.6 Å². The van der Waals surface area contributed by atoms with Crippen molar-refractivity contribution >= 4 is 33.3 Å². The smallest absolute Gasteiger partial charge is 0.321 e. The number of nitrogens with zero attached hydrogens (tertiary/aromatic N) is 6. The summed E-state index contributed by atoms with van der Waals surface area (Å²) in [5, 5.41) is 10.6. The molecule has 2 amide bonds. The minimum absolute atomic E-state index is 0.0556. The first kappa shape index (κ1) is 28.9. The molecule has 1 fully saturated rings. The molecule has 0 saturated carbocycles. The molecule has 0 aliphatic carbocycles. The third kappa shape index (κ3) is 7.86. The fourth-order valence-corrected chi connectivity index (χ4v) is 4.91. The van der Waals surface area contributed by atoms with Crippen LogP contribution in [0.5, 0.6) is 0 Å². The van der Waals surface area contributed by atoms with Crippen molar-refractivity contribution in [3.63, 3.8) is 0 Å². The van der Waals surface area contributed by atoms with Crippen LogP contribution in [0.3, 0.4) is 0 Å². The van der Waals surface area contributed by atoms with E-state index in [2.05, 4.69) is 31.8 Å². The molecule has 1 aromatic carbocycles. The molecular weight excluding hydrogens is 520 g/mol. The minimum Gasteiger partial charge on any atom is -0.325 e. The molecule has 2 heterocycles. The van der Waals surface area contributed by atoms with Gasteiger partial charge in [-0.15, -0.1) is 0 Å². The van der Waals surface area contributed by atoms with Crippen LogP contribution in [0.1, 0.15) is 19.8 Å². The number of amides is 2. The molecule has 1 aliphatic rings. The van der Waals surface area contributed by atoms with Crippen LogP contribution in [0, 0.1) is 17.2 Å². The van der Waals surface area contributed by atoms with Gasteiger partial charge in [-0.25, -0.2) is 26.3 Å². The molecule has 4 N–H and O–H groups in total. The summed E-state index contributed by atoms with van der Waals surface area (Å²) in [7, 11) is -1.59. The summed E-state index contributed by atoms with van der Waals surface area (Å²) in [4.78, 5) is 18.3. The number of anilines is 1. The SMILES string of the molecule is CCS(=O)(=O)N1CCC(N(C)C(=O)Nc2cnc(-c3cc(F)cc(F)c3)c(Cl)c2)CC1.N=N/N=N/N. The average molecular weight is 546 g/mol. The second-order valence-electron chi connectivity index (χ2n) is 7.59. The van der Waals surface area contributed by atoms with Crippen molar-refractivity contribution in [1.29, 1.82) is 5.53 Å². The van der Waals surface area contributed by atoms with Gasteiger partial charge in [0, 0.05) is 37.8 Å². The summed E-state index contributed by atoms with van der Waals surface area (Å²) < 4.78 is 52.3. The second kappa shape index (κ2) is 13.1. The fourth-order valence-electron chi connectivity index (χ4n) is 3.50. The van der Waals surface area contributed by atoms with Crippen LogP contribution in [0.2, 0.25) is 5.02 Å². The van der Waals surface area contributed by atoms with Gasteiger partial charge in [-0.1, -0.05) is 16.8 Å². The van der Waals surface area contributed by atoms with E-state index in [1.165, 1.54) is 21.5 Å². The highest BCUT2D eigenvalue weighted by atomic mass is 35.5. The minimum atomic E-state index is -3.23. The molecule has 0 atom stereocenters. The van der Waals surface area contributed by atoms with Gasteiger partial charge < -0.3 is 16.1 Å². The van der Waals surface area contributed by atoms with E-state index >= 15 is 0 Å². The average Bonchev–Trinajstić information content (AvgIpc) is 2.84. The molecule has 1 aromatic heterocycles. The van der Waals surface area contributed by atoms with Crippen LogP contribution in [0.15, 0.2) is 46.1 Å². The molecule has 1 aliphatic heterocycles. The lowest BCUT2D eigenvalue weighted by molar-refractivity contribution is 0.174. The Morgan fingerprint density at radius 1 is 1.28 bits per heavy atom. The van der Waals surface area contributed by atoms with Crippen LogP contribution in [0.4, 0.5) is 19.3 Å². The number of piperidine rings is 1. The van der Waals surface area contributed by atoms with Crippen molar-refractivity contribution < 1.29 is 22.0 Å². The van der Waals surface area contributed by atoms with Crippen molar-refractivity contribution in [2.24, 2.45) is 21.5 Å². The Morgan fingerprint density at radius 2 is 1.89 bits per heavy atom. The molecule has 1 saturated heterocycles. The Hall–Kier alpha value is -3.30. The summed E-state index contributed by atoms with van der Waals surface area (Å²) in [5.74, 6) is 2.95. The van der Waals surface area contributed by atoms with Crippen LogP contribution < -0.4 is 11.2 Å². The van der Waals surface area contributed by atoms with Gasteiger partial charge in [0.2, 0.25) is 10.0 Å². The Morgan fingerprint density at radius 3 is 2.36 bits per heavy atom. The van der Waals surface area contributed by atoms with E-state index in [4.69, 9.17) is 17.1 Å². The number of benzene rings is 1. The van der Waals surface area contributed by atoms with Gasteiger partial charge in [-0.05, 0) is 48.4 Å². The van der Waals surface area contributed by atoms with Crippen molar-refractivity contribution in [1.82, 2.24) is 14.2 Å². The maximum atomic E-state index is 13.5. The normalized spacial score (nSPS) is 14.7. The summed E-state index contributed by atoms with van der Waals surface area (Å²) in [5.41, 5.74) is 6.59. The predicted molar refractivity (Wildman–Crippen MR) is 130 cm³/mol. The number of hydrogen-bond donors (Lipinski definition) is 3. The second-order valence-corrected chi connectivity index (χ2v) is 10.3. The van der Waals surface area contributed by atoms with E-state index in [1.54, 1.807) is 14.0 Å². The number of halogens is 3. The van der Waals surface area contributed by atoms with E-state index in [-0.39, 0.29) is 34.1 Å². The number of aromatic nitrogens is 1. The van der Waals surface area contributed by atoms with Crippen molar-refractivity contribution in [3.05, 3.63) is 47.1 Å². The number of hydrogen-bond acceptors (Lipinski definition) is 6. The number of urea groups is 1. The van der Waals surface area contributed by atoms with Crippen molar-refractivity contribution in [3.8, 4) is 11.3 Å². The van der Waals surface area contributed by atoms with Gasteiger partial charge in [0.05, 0.1) is 28.4 Å². The first-order chi connectivity index (χ1) is 17.0. The lowest BCUT2D eigenvalue weighted by atomic mass is 10.1. The molecule has 196 valence electrons. The van der Waals surface area contributed by atoms with Crippen molar-refractivity contribution in [2.45, 2.75) is 25.8 Å². The molecule has 0 radical (unpaired) electrons. The van der Waals surface area contributed by atoms with Gasteiger partial charge in [-0.2, -0.15) is 5.53 Å². The highest BCUT2D eigenvalue weighted by molar-refractivity contribution is 7.89. The highest BCUT2D eigenvalue weighted by Crippen LogP contribution is 2.29. The summed E-state index contributed by atoms with van der Waals surface area (Å²) in [6.07, 6.45) is 2.42. The Kier molecular flexibility index (Phi) is 10.6. The van der Waals surface area contributed by atoms with Crippen molar-refractivity contribution in [2.75, 3.05) is 31.2 Å². The van der Waals surface area contributed by atoms with Crippen LogP contribution in [0.25, 0.3) is 11.3 Å². The first-order valence-electron chi connectivity index (χ1n) is 10.6. The Balaban J connectivity index is 0.000000830. The molecular formula is C20H26ClF2N9O3S. The standard InChI is InChI=1S/C20H23ClF2N4O3S.H3N5/c1-3-31(29,30)27-6-4-17(5-7-27)26(2)20(28)25-16-11-18(21)19(24-12-16)13-8-14(22)10-15(23)9-13;1-3-5-4-2/h8-12,17H,3-7H2,1-2H3,(H,25,28);(H3,1,2,5). The zero-order valence-corrected chi connectivity index (χ0v) is 21.1. The summed E-state index contributed by atoms with van der Waals surface area (Å²) in [6, 6.07) is 3.95. The number of nitrogens with one attached hydrogen (secondary N) is 2. The third-order valence-corrected chi connectivity index (χ3v) is 7.54. The van der Waals surface area contributed by atoms with Crippen LogP contribution in [-0.2, 0) is 10.0 Å². The number of nitrogens with two attached hydrogens (primary N) is 1. The fraction of sp³-hybridized carbons (Fsp3) is 0.400. The van der Waals surface area contributed by atoms with E-state index in [0.717, 1.165) is 18.2 Å². The number of rotatable bonds is 6. The Labute approximate surface area is 212 Å². The number of pyridine rings is 1. The third-order valence-electron chi connectivity index (χ3n) is 5.37.